The molecule has 0 N–H and O–H groups in total. The van der Waals surface area contributed by atoms with Crippen molar-refractivity contribution in [2.45, 2.75) is 57.3 Å². The molecule has 8 rings (SSSR count). The Balaban J connectivity index is 1.34. The summed E-state index contributed by atoms with van der Waals surface area (Å²) in [5.74, 6) is 0. The van der Waals surface area contributed by atoms with Gasteiger partial charge < -0.3 is 0 Å². The molecule has 7 aromatic carbocycles. The van der Waals surface area contributed by atoms with Crippen LogP contribution in [-0.2, 0) is 23.7 Å². The van der Waals surface area contributed by atoms with E-state index in [-0.39, 0.29) is 10.8 Å². The van der Waals surface area contributed by atoms with Crippen molar-refractivity contribution >= 4 is 33.7 Å². The van der Waals surface area contributed by atoms with E-state index in [0.29, 0.717) is 0 Å². The second-order valence-corrected chi connectivity index (χ2v) is 15.4. The van der Waals surface area contributed by atoms with Gasteiger partial charge in [-0.1, -0.05) is 180 Å². The molecule has 0 saturated carbocycles. The Morgan fingerprint density at radius 3 is 1.67 bits per heavy atom. The molecule has 1 aliphatic carbocycles. The molecule has 51 heavy (non-hydrogen) atoms. The molecule has 0 heterocycles. The molecule has 0 spiro atoms. The minimum Gasteiger partial charge on any atom is -0.0985 e. The van der Waals surface area contributed by atoms with Crippen LogP contribution in [0.5, 0.6) is 0 Å². The lowest BCUT2D eigenvalue weighted by Gasteiger charge is -2.33. The van der Waals surface area contributed by atoms with Crippen LogP contribution < -0.4 is 0 Å². The average Bonchev–Trinajstić information content (AvgIpc) is 3.42. The average molecular weight is 659 g/mol. The van der Waals surface area contributed by atoms with Crippen LogP contribution in [0.15, 0.2) is 153 Å². The van der Waals surface area contributed by atoms with Crippen molar-refractivity contribution in [2.24, 2.45) is 0 Å². The molecule has 0 bridgehead atoms. The van der Waals surface area contributed by atoms with Crippen LogP contribution in [0.3, 0.4) is 0 Å². The molecule has 1 aliphatic rings. The van der Waals surface area contributed by atoms with Crippen LogP contribution in [0.25, 0.3) is 56.0 Å². The summed E-state index contributed by atoms with van der Waals surface area (Å²) in [5.41, 5.74) is 14.6. The van der Waals surface area contributed by atoms with Gasteiger partial charge in [0.1, 0.15) is 0 Å². The normalized spacial score (nSPS) is 15.1. The third-order valence-corrected chi connectivity index (χ3v) is 11.2. The highest BCUT2D eigenvalue weighted by atomic mass is 14.5. The number of hydrogen-bond acceptors (Lipinski definition) is 0. The summed E-state index contributed by atoms with van der Waals surface area (Å²) >= 11 is 0. The summed E-state index contributed by atoms with van der Waals surface area (Å²) in [6, 6.07) is 52.6. The van der Waals surface area contributed by atoms with Crippen molar-refractivity contribution < 1.29 is 0 Å². The SMILES string of the molecule is C=Cc1ccc(CCCC2(Cc3ccc(C=C)cc3)c3ccccc3-c3ccc(-c4c5ccccc5c(C(C)(C)C)c5ccccc45)cc32)cc1. The first-order valence-electron chi connectivity index (χ1n) is 18.4. The Morgan fingerprint density at radius 2 is 1.08 bits per heavy atom. The number of hydrogen-bond donors (Lipinski definition) is 0. The zero-order valence-corrected chi connectivity index (χ0v) is 30.2. The van der Waals surface area contributed by atoms with Gasteiger partial charge in [-0.15, -0.1) is 0 Å². The summed E-state index contributed by atoms with van der Waals surface area (Å²) in [6.45, 7) is 15.0. The first-order valence-corrected chi connectivity index (χ1v) is 18.4. The summed E-state index contributed by atoms with van der Waals surface area (Å²) in [7, 11) is 0. The lowest BCUT2D eigenvalue weighted by atomic mass is 9.69. The van der Waals surface area contributed by atoms with Crippen LogP contribution in [0.4, 0.5) is 0 Å². The Morgan fingerprint density at radius 1 is 0.549 bits per heavy atom. The van der Waals surface area contributed by atoms with Gasteiger partial charge in [0.05, 0.1) is 0 Å². The van der Waals surface area contributed by atoms with E-state index in [1.54, 1.807) is 0 Å². The van der Waals surface area contributed by atoms with Crippen LogP contribution in [0.1, 0.15) is 72.6 Å². The Hall–Kier alpha value is -5.46. The largest absolute Gasteiger partial charge is 0.0985 e. The highest BCUT2D eigenvalue weighted by molar-refractivity contribution is 6.15. The molecule has 0 amide bonds. The second-order valence-electron chi connectivity index (χ2n) is 15.4. The van der Waals surface area contributed by atoms with Gasteiger partial charge in [0.25, 0.3) is 0 Å². The Kier molecular flexibility index (Phi) is 8.35. The lowest BCUT2D eigenvalue weighted by molar-refractivity contribution is 0.462. The monoisotopic (exact) mass is 658 g/mol. The molecular formula is C51H46. The van der Waals surface area contributed by atoms with Crippen LogP contribution in [0.2, 0.25) is 0 Å². The van der Waals surface area contributed by atoms with Gasteiger partial charge in [-0.3, -0.25) is 0 Å². The molecule has 0 aromatic heterocycles. The van der Waals surface area contributed by atoms with Gasteiger partial charge in [0, 0.05) is 5.41 Å². The fourth-order valence-electron chi connectivity index (χ4n) is 8.94. The molecule has 1 unspecified atom stereocenters. The van der Waals surface area contributed by atoms with Gasteiger partial charge in [-0.05, 0) is 120 Å². The van der Waals surface area contributed by atoms with Crippen LogP contribution >= 0.6 is 0 Å². The minimum atomic E-state index is -0.171. The summed E-state index contributed by atoms with van der Waals surface area (Å²) in [4.78, 5) is 0. The Bertz CT molecular complexity index is 2360. The van der Waals surface area contributed by atoms with E-state index in [1.807, 2.05) is 12.2 Å². The zero-order valence-electron chi connectivity index (χ0n) is 30.2. The van der Waals surface area contributed by atoms with E-state index in [4.69, 9.17) is 0 Å². The maximum Gasteiger partial charge on any atom is 0.0255 e. The van der Waals surface area contributed by atoms with Crippen LogP contribution in [-0.4, -0.2) is 0 Å². The van der Waals surface area contributed by atoms with Crippen molar-refractivity contribution in [1.82, 2.24) is 0 Å². The second kappa shape index (κ2) is 13.0. The van der Waals surface area contributed by atoms with Gasteiger partial charge in [-0.2, -0.15) is 0 Å². The maximum absolute atomic E-state index is 4.01. The molecule has 0 aliphatic heterocycles. The molecule has 0 saturated heterocycles. The van der Waals surface area contributed by atoms with Crippen molar-refractivity contribution in [2.75, 3.05) is 0 Å². The van der Waals surface area contributed by atoms with Crippen molar-refractivity contribution in [3.63, 3.8) is 0 Å². The smallest absolute Gasteiger partial charge is 0.0255 e. The Labute approximate surface area is 303 Å². The predicted octanol–water partition coefficient (Wildman–Crippen LogP) is 13.8. The lowest BCUT2D eigenvalue weighted by Crippen LogP contribution is -2.28. The molecule has 0 heteroatoms. The number of benzene rings is 7. The van der Waals surface area contributed by atoms with Crippen LogP contribution in [0, 0.1) is 0 Å². The summed E-state index contributed by atoms with van der Waals surface area (Å²) in [6.07, 6.45) is 7.97. The molecule has 0 nitrogen and oxygen atoms in total. The molecular weight excluding hydrogens is 613 g/mol. The van der Waals surface area contributed by atoms with Gasteiger partial charge in [0.15, 0.2) is 0 Å². The number of aryl methyl sites for hydroxylation is 1. The number of fused-ring (bicyclic) bond motifs is 5. The third kappa shape index (κ3) is 5.74. The van der Waals surface area contributed by atoms with Crippen molar-refractivity contribution in [3.05, 3.63) is 192 Å². The highest BCUT2D eigenvalue weighted by Crippen LogP contribution is 2.55. The number of rotatable bonds is 9. The van der Waals surface area contributed by atoms with Gasteiger partial charge in [-0.25, -0.2) is 0 Å². The first kappa shape index (κ1) is 32.7. The summed E-state index contributed by atoms with van der Waals surface area (Å²) < 4.78 is 0. The molecule has 0 radical (unpaired) electrons. The van der Waals surface area contributed by atoms with E-state index in [9.17, 15) is 0 Å². The minimum absolute atomic E-state index is 0.000375. The van der Waals surface area contributed by atoms with Gasteiger partial charge in [0.2, 0.25) is 0 Å². The highest BCUT2D eigenvalue weighted by Gasteiger charge is 2.43. The summed E-state index contributed by atoms with van der Waals surface area (Å²) in [5, 5.41) is 5.34. The van der Waals surface area contributed by atoms with Gasteiger partial charge >= 0.3 is 0 Å². The molecule has 250 valence electrons. The fourth-order valence-corrected chi connectivity index (χ4v) is 8.94. The van der Waals surface area contributed by atoms with E-state index in [1.165, 1.54) is 77.2 Å². The van der Waals surface area contributed by atoms with Crippen molar-refractivity contribution in [3.8, 4) is 22.3 Å². The molecule has 7 aromatic rings. The third-order valence-electron chi connectivity index (χ3n) is 11.2. The zero-order chi connectivity index (χ0) is 35.2. The topological polar surface area (TPSA) is 0 Å². The van der Waals surface area contributed by atoms with E-state index < -0.39 is 0 Å². The van der Waals surface area contributed by atoms with Crippen molar-refractivity contribution in [1.29, 1.82) is 0 Å². The maximum atomic E-state index is 4.01. The molecule has 1 atom stereocenters. The fraction of sp³-hybridized carbons (Fsp3) is 0.176. The standard InChI is InChI=1S/C51H46/c1-6-35-22-26-37(27-23-35)15-14-32-51(34-38-28-24-36(7-2)25-29-38)46-21-13-12-16-40(46)41-31-30-39(33-47(41)51)48-42-17-8-10-19-44(42)49(50(3,4)5)45-20-11-9-18-43(45)48/h6-13,16-31,33H,1-2,14-15,32,34H2,3-5H3. The molecule has 0 fully saturated rings. The van der Waals surface area contributed by atoms with E-state index in [0.717, 1.165) is 31.2 Å². The first-order chi connectivity index (χ1) is 24.8. The quantitative estimate of drug-likeness (QED) is 0.135. The van der Waals surface area contributed by atoms with E-state index in [2.05, 4.69) is 173 Å². The van der Waals surface area contributed by atoms with E-state index >= 15 is 0 Å². The predicted molar refractivity (Wildman–Crippen MR) is 222 cm³/mol.